The van der Waals surface area contributed by atoms with Crippen molar-refractivity contribution in [3.63, 3.8) is 0 Å². The predicted molar refractivity (Wildman–Crippen MR) is 117 cm³/mol. The van der Waals surface area contributed by atoms with Crippen LogP contribution in [-0.2, 0) is 45.7 Å². The maximum absolute atomic E-state index is 12.6. The minimum Gasteiger partial charge on any atom is -0.207 e. The fourth-order valence-electron chi connectivity index (χ4n) is 2.38. The van der Waals surface area contributed by atoms with Gasteiger partial charge in [-0.15, -0.1) is 0 Å². The molecule has 0 amide bonds. The molecule has 1 heterocycles. The van der Waals surface area contributed by atoms with E-state index in [0.717, 1.165) is 22.0 Å². The number of hydrogen-bond acceptors (Lipinski definition) is 1. The standard InChI is InChI=1S/C12H11F3N2.C7H6FI2N.Pt/c1-16-5-6-17(9-16)8-10-3-2-4-11(7-10)12(13,14)15;8-7-3-1-6(2-4-7)5-11(9)10;/h2-7H,8H2,1H3;1-4H,5H2;. The molecule has 0 fully saturated rings. The number of rotatable bonds is 4. The number of imidazole rings is 1. The Kier molecular flexibility index (Phi) is 9.55. The molecule has 3 aromatic rings. The van der Waals surface area contributed by atoms with Crippen molar-refractivity contribution < 1.29 is 36.9 Å². The van der Waals surface area contributed by atoms with Gasteiger partial charge in [-0.2, -0.15) is 1.33 Å². The molecule has 3 nitrogen and oxygen atoms in total. The van der Waals surface area contributed by atoms with Crippen molar-refractivity contribution in [2.24, 2.45) is 7.05 Å². The molecule has 29 heavy (non-hydrogen) atoms. The van der Waals surface area contributed by atoms with Gasteiger partial charge in [-0.25, -0.2) is 4.39 Å². The Bertz CT molecular complexity index is 982. The van der Waals surface area contributed by atoms with Gasteiger partial charge in [0.1, 0.15) is 5.82 Å². The number of halogens is 6. The van der Waals surface area contributed by atoms with Crippen LogP contribution in [0.2, 0.25) is 0 Å². The summed E-state index contributed by atoms with van der Waals surface area (Å²) in [7, 11) is 1.89. The van der Waals surface area contributed by atoms with Crippen LogP contribution in [-0.4, -0.2) is 10.5 Å². The molecule has 0 N–H and O–H groups in total. The van der Waals surface area contributed by atoms with Crippen molar-refractivity contribution in [1.29, 1.82) is 0 Å². The second kappa shape index (κ2) is 11.2. The molecule has 0 aliphatic carbocycles. The Morgan fingerprint density at radius 1 is 1.00 bits per heavy atom. The van der Waals surface area contributed by atoms with Crippen LogP contribution >= 0.6 is 45.7 Å². The van der Waals surface area contributed by atoms with Crippen LogP contribution in [0.15, 0.2) is 60.9 Å². The Balaban J connectivity index is 0.000000234. The summed E-state index contributed by atoms with van der Waals surface area (Å²) in [6, 6.07) is 12.0. The molecule has 0 radical (unpaired) electrons. The zero-order valence-electron chi connectivity index (χ0n) is 15.1. The fourth-order valence-corrected chi connectivity index (χ4v) is 3.69. The number of aryl methyl sites for hydroxylation is 1. The molecule has 0 bridgehead atoms. The van der Waals surface area contributed by atoms with E-state index in [-0.39, 0.29) is 5.82 Å². The maximum Gasteiger partial charge on any atom is 0.123 e. The number of alkyl halides is 3. The molecule has 0 unspecified atom stereocenters. The van der Waals surface area contributed by atoms with E-state index in [1.807, 2.05) is 29.9 Å². The summed E-state index contributed by atoms with van der Waals surface area (Å²) in [5.41, 5.74) is 1.15. The summed E-state index contributed by atoms with van der Waals surface area (Å²) < 4.78 is 56.9. The molecule has 0 saturated carbocycles. The molecule has 0 atom stereocenters. The van der Waals surface area contributed by atoms with Gasteiger partial charge in [0.05, 0.1) is 0 Å². The minimum atomic E-state index is -4.29. The molecule has 1 aromatic heterocycles. The number of hydrogen-bond donors (Lipinski definition) is 0. The van der Waals surface area contributed by atoms with Crippen LogP contribution in [0.4, 0.5) is 17.6 Å². The fraction of sp³-hybridized carbons (Fsp3) is 0.211. The number of aromatic nitrogens is 2. The third-order valence-electron chi connectivity index (χ3n) is 3.78. The Labute approximate surface area is 205 Å². The first kappa shape index (κ1) is 24.7. The predicted octanol–water partition coefficient (Wildman–Crippen LogP) is 6.30. The van der Waals surface area contributed by atoms with E-state index in [1.165, 1.54) is 24.3 Å². The van der Waals surface area contributed by atoms with E-state index >= 15 is 0 Å². The van der Waals surface area contributed by atoms with Gasteiger partial charge < -0.3 is 0 Å². The van der Waals surface area contributed by atoms with Gasteiger partial charge in [-0.1, -0.05) is 12.1 Å². The molecule has 160 valence electrons. The molecule has 0 saturated heterocycles. The van der Waals surface area contributed by atoms with Crippen molar-refractivity contribution >= 4 is 45.7 Å². The summed E-state index contributed by atoms with van der Waals surface area (Å²) in [4.78, 5) is 0. The second-order valence-corrected chi connectivity index (χ2v) is 11.3. The third kappa shape index (κ3) is 8.26. The van der Waals surface area contributed by atoms with Gasteiger partial charge >= 0.3 is 113 Å². The topological polar surface area (TPSA) is 13.1 Å². The number of nitrogens with zero attached hydrogens (tertiary/aromatic N) is 3. The third-order valence-corrected chi connectivity index (χ3v) is 5.92. The maximum atomic E-state index is 12.6. The summed E-state index contributed by atoms with van der Waals surface area (Å²) in [6.45, 7) is 1.27. The zero-order chi connectivity index (χ0) is 21.6. The normalized spacial score (nSPS) is 11.4. The molecule has 10 heteroatoms. The first-order chi connectivity index (χ1) is 13.6. The van der Waals surface area contributed by atoms with Crippen LogP contribution < -0.4 is 0 Å². The summed E-state index contributed by atoms with van der Waals surface area (Å²) >= 11 is 6.50. The smallest absolute Gasteiger partial charge is 0.123 e. The van der Waals surface area contributed by atoms with Crippen molar-refractivity contribution in [2.45, 2.75) is 19.3 Å². The van der Waals surface area contributed by atoms with Crippen LogP contribution in [0.1, 0.15) is 16.7 Å². The van der Waals surface area contributed by atoms with E-state index < -0.39 is 11.7 Å². The average Bonchev–Trinajstić information content (AvgIpc) is 2.95. The molecular formula is C19H17F4I2N3Pt. The van der Waals surface area contributed by atoms with Crippen molar-refractivity contribution in [1.82, 2.24) is 10.5 Å². The second-order valence-electron chi connectivity index (χ2n) is 6.06. The monoisotopic (exact) mass is 812 g/mol. The van der Waals surface area contributed by atoms with Crippen molar-refractivity contribution in [3.05, 3.63) is 87.2 Å². The quantitative estimate of drug-likeness (QED) is 0.172. The van der Waals surface area contributed by atoms with E-state index in [4.69, 9.17) is 0 Å². The van der Waals surface area contributed by atoms with Crippen LogP contribution in [0.25, 0.3) is 0 Å². The Morgan fingerprint density at radius 2 is 1.66 bits per heavy atom. The molecule has 2 aromatic carbocycles. The van der Waals surface area contributed by atoms with Gasteiger partial charge in [-0.3, -0.25) is 0 Å². The first-order valence-electron chi connectivity index (χ1n) is 8.23. The average molecular weight is 812 g/mol. The van der Waals surface area contributed by atoms with E-state index in [0.29, 0.717) is 12.1 Å². The summed E-state index contributed by atoms with van der Waals surface area (Å²) in [5.74, 6) is -0.179. The molecule has 3 rings (SSSR count). The van der Waals surface area contributed by atoms with Crippen molar-refractivity contribution in [3.8, 4) is 0 Å². The Hall–Kier alpha value is -0.522. The van der Waals surface area contributed by atoms with Crippen LogP contribution in [0.5, 0.6) is 0 Å². The van der Waals surface area contributed by atoms with Crippen LogP contribution in [0, 0.1) is 9.62 Å². The Morgan fingerprint density at radius 3 is 2.17 bits per heavy atom. The molecule has 0 aliphatic rings. The summed E-state index contributed by atoms with van der Waals surface area (Å²) in [5, 5.41) is 0. The largest absolute Gasteiger partial charge is 0.207 e. The first-order valence-corrected chi connectivity index (χ1v) is 11.3. The molecule has 0 spiro atoms. The van der Waals surface area contributed by atoms with E-state index in [2.05, 4.69) is 65.1 Å². The minimum absolute atomic E-state index is 0.179. The van der Waals surface area contributed by atoms with E-state index in [1.54, 1.807) is 18.2 Å². The van der Waals surface area contributed by atoms with Crippen LogP contribution in [0.3, 0.4) is 0 Å². The van der Waals surface area contributed by atoms with Gasteiger partial charge in [-0.05, 0) is 17.7 Å². The van der Waals surface area contributed by atoms with Gasteiger partial charge in [0, 0.05) is 52.3 Å². The molecular weight excluding hydrogens is 795 g/mol. The number of benzene rings is 2. The van der Waals surface area contributed by atoms with Gasteiger partial charge in [0.2, 0.25) is 0 Å². The van der Waals surface area contributed by atoms with Gasteiger partial charge in [0.25, 0.3) is 0 Å². The van der Waals surface area contributed by atoms with E-state index in [9.17, 15) is 17.6 Å². The SMILES string of the molecule is Cn1ccn(Cc2cccc(C(F)(F)F)c2)[c]1=[Pt].Fc1ccc(CN(I)I)cc1. The molecule has 0 aliphatic heterocycles. The summed E-state index contributed by atoms with van der Waals surface area (Å²) in [6.07, 6.45) is -0.566. The van der Waals surface area contributed by atoms with Crippen molar-refractivity contribution in [2.75, 3.05) is 0 Å². The zero-order valence-corrected chi connectivity index (χ0v) is 21.7. The van der Waals surface area contributed by atoms with Gasteiger partial charge in [0.15, 0.2) is 0 Å².